The van der Waals surface area contributed by atoms with E-state index in [0.717, 1.165) is 25.2 Å². The number of carbonyl (C=O) groups is 2. The summed E-state index contributed by atoms with van der Waals surface area (Å²) in [5, 5.41) is 6.68. The van der Waals surface area contributed by atoms with Crippen LogP contribution >= 0.6 is 11.3 Å². The predicted molar refractivity (Wildman–Crippen MR) is 108 cm³/mol. The minimum Gasteiger partial charge on any atom is -0.493 e. The first-order valence-corrected chi connectivity index (χ1v) is 10.2. The Morgan fingerprint density at radius 1 is 1.11 bits per heavy atom. The van der Waals surface area contributed by atoms with E-state index in [4.69, 9.17) is 9.47 Å². The molecule has 1 aromatic carbocycles. The Labute approximate surface area is 168 Å². The second-order valence-corrected chi connectivity index (χ2v) is 7.22. The van der Waals surface area contributed by atoms with Crippen LogP contribution in [0.15, 0.2) is 41.1 Å². The van der Waals surface area contributed by atoms with Gasteiger partial charge in [-0.3, -0.25) is 14.5 Å². The summed E-state index contributed by atoms with van der Waals surface area (Å²) in [6, 6.07) is 9.10. The van der Waals surface area contributed by atoms with Crippen molar-refractivity contribution in [3.8, 4) is 11.5 Å². The first kappa shape index (κ1) is 20.2. The molecule has 3 rings (SSSR count). The van der Waals surface area contributed by atoms with Crippen molar-refractivity contribution in [1.82, 2.24) is 15.1 Å². The number of amides is 2. The van der Waals surface area contributed by atoms with E-state index in [1.54, 1.807) is 19.2 Å². The highest BCUT2D eigenvalue weighted by Crippen LogP contribution is 2.25. The minimum atomic E-state index is -0.169. The van der Waals surface area contributed by atoms with E-state index < -0.39 is 0 Å². The van der Waals surface area contributed by atoms with Crippen LogP contribution in [0.3, 0.4) is 0 Å². The molecule has 0 atom stereocenters. The second-order valence-electron chi connectivity index (χ2n) is 6.44. The number of benzene rings is 1. The molecule has 0 bridgehead atoms. The number of ether oxygens (including phenoxy) is 2. The maximum atomic E-state index is 12.3. The van der Waals surface area contributed by atoms with Crippen LogP contribution in [-0.2, 0) is 4.79 Å². The van der Waals surface area contributed by atoms with Gasteiger partial charge in [0, 0.05) is 44.6 Å². The SMILES string of the molecule is COc1ccccc1OCC(=O)NCCN1CCN(C(=O)c2ccsc2)CC1. The molecular weight excluding hydrogens is 378 g/mol. The molecule has 1 aliphatic heterocycles. The normalized spacial score (nSPS) is 14.5. The van der Waals surface area contributed by atoms with Crippen molar-refractivity contribution in [2.45, 2.75) is 0 Å². The van der Waals surface area contributed by atoms with Gasteiger partial charge in [-0.2, -0.15) is 11.3 Å². The number of carbonyl (C=O) groups excluding carboxylic acids is 2. The Bertz CT molecular complexity index is 774. The smallest absolute Gasteiger partial charge is 0.257 e. The van der Waals surface area contributed by atoms with Crippen LogP contribution < -0.4 is 14.8 Å². The minimum absolute atomic E-state index is 0.0523. The van der Waals surface area contributed by atoms with E-state index in [9.17, 15) is 9.59 Å². The fourth-order valence-corrected chi connectivity index (χ4v) is 3.66. The molecule has 2 amide bonds. The molecule has 2 heterocycles. The van der Waals surface area contributed by atoms with Crippen molar-refractivity contribution in [2.24, 2.45) is 0 Å². The van der Waals surface area contributed by atoms with Crippen LogP contribution in [0.2, 0.25) is 0 Å². The summed E-state index contributed by atoms with van der Waals surface area (Å²) < 4.78 is 10.7. The number of nitrogens with zero attached hydrogens (tertiary/aromatic N) is 2. The lowest BCUT2D eigenvalue weighted by Gasteiger charge is -2.34. The summed E-state index contributed by atoms with van der Waals surface area (Å²) in [4.78, 5) is 28.5. The maximum Gasteiger partial charge on any atom is 0.257 e. The third-order valence-corrected chi connectivity index (χ3v) is 5.29. The molecule has 1 aliphatic rings. The van der Waals surface area contributed by atoms with Gasteiger partial charge in [-0.25, -0.2) is 0 Å². The molecule has 1 N–H and O–H groups in total. The first-order valence-electron chi connectivity index (χ1n) is 9.23. The Morgan fingerprint density at radius 2 is 1.86 bits per heavy atom. The van der Waals surface area contributed by atoms with E-state index in [2.05, 4.69) is 10.2 Å². The highest BCUT2D eigenvalue weighted by molar-refractivity contribution is 7.08. The van der Waals surface area contributed by atoms with Crippen LogP contribution in [0, 0.1) is 0 Å². The van der Waals surface area contributed by atoms with Crippen molar-refractivity contribution in [2.75, 3.05) is 53.0 Å². The molecule has 2 aromatic rings. The summed E-state index contributed by atoms with van der Waals surface area (Å²) in [5.74, 6) is 1.08. The molecule has 0 radical (unpaired) electrons. The second kappa shape index (κ2) is 10.1. The van der Waals surface area contributed by atoms with Crippen LogP contribution in [-0.4, -0.2) is 74.6 Å². The van der Waals surface area contributed by atoms with E-state index >= 15 is 0 Å². The zero-order valence-corrected chi connectivity index (χ0v) is 16.7. The Balaban J connectivity index is 1.32. The lowest BCUT2D eigenvalue weighted by atomic mass is 10.2. The molecule has 1 fully saturated rings. The topological polar surface area (TPSA) is 71.1 Å². The predicted octanol–water partition coefficient (Wildman–Crippen LogP) is 1.71. The molecule has 8 heteroatoms. The first-order chi connectivity index (χ1) is 13.7. The number of methoxy groups -OCH3 is 1. The largest absolute Gasteiger partial charge is 0.493 e. The van der Waals surface area contributed by atoms with E-state index in [1.807, 2.05) is 33.9 Å². The number of para-hydroxylation sites is 2. The van der Waals surface area contributed by atoms with Gasteiger partial charge in [0.2, 0.25) is 0 Å². The molecule has 0 unspecified atom stereocenters. The average molecular weight is 404 g/mol. The number of piperazine rings is 1. The number of hydrogen-bond donors (Lipinski definition) is 1. The standard InChI is InChI=1S/C20H25N3O4S/c1-26-17-4-2-3-5-18(17)27-14-19(24)21-7-8-22-9-11-23(12-10-22)20(25)16-6-13-28-15-16/h2-6,13,15H,7-12,14H2,1H3,(H,21,24). The van der Waals surface area contributed by atoms with Gasteiger partial charge in [0.25, 0.3) is 11.8 Å². The molecule has 0 aliphatic carbocycles. The quantitative estimate of drug-likeness (QED) is 0.727. The molecule has 0 spiro atoms. The molecule has 28 heavy (non-hydrogen) atoms. The zero-order chi connectivity index (χ0) is 19.8. The van der Waals surface area contributed by atoms with Crippen molar-refractivity contribution in [3.63, 3.8) is 0 Å². The van der Waals surface area contributed by atoms with Crippen molar-refractivity contribution >= 4 is 23.2 Å². The Morgan fingerprint density at radius 3 is 2.54 bits per heavy atom. The molecule has 0 saturated carbocycles. The summed E-state index contributed by atoms with van der Waals surface area (Å²) in [5.41, 5.74) is 0.765. The Kier molecular flexibility index (Phi) is 7.27. The van der Waals surface area contributed by atoms with Gasteiger partial charge in [0.05, 0.1) is 12.7 Å². The van der Waals surface area contributed by atoms with Crippen LogP contribution in [0.4, 0.5) is 0 Å². The lowest BCUT2D eigenvalue weighted by molar-refractivity contribution is -0.123. The van der Waals surface area contributed by atoms with Gasteiger partial charge < -0.3 is 19.7 Å². The van der Waals surface area contributed by atoms with Crippen LogP contribution in [0.5, 0.6) is 11.5 Å². The number of nitrogens with one attached hydrogen (secondary N) is 1. The molecule has 7 nitrogen and oxygen atoms in total. The summed E-state index contributed by atoms with van der Waals surface area (Å²) in [6.45, 7) is 4.28. The van der Waals surface area contributed by atoms with Crippen molar-refractivity contribution in [3.05, 3.63) is 46.7 Å². The Hall–Kier alpha value is -2.58. The van der Waals surface area contributed by atoms with E-state index in [1.165, 1.54) is 11.3 Å². The highest BCUT2D eigenvalue weighted by Gasteiger charge is 2.22. The van der Waals surface area contributed by atoms with Crippen LogP contribution in [0.25, 0.3) is 0 Å². The highest BCUT2D eigenvalue weighted by atomic mass is 32.1. The van der Waals surface area contributed by atoms with Crippen molar-refractivity contribution < 1.29 is 19.1 Å². The lowest BCUT2D eigenvalue weighted by Crippen LogP contribution is -2.50. The van der Waals surface area contributed by atoms with Crippen LogP contribution in [0.1, 0.15) is 10.4 Å². The van der Waals surface area contributed by atoms with E-state index in [0.29, 0.717) is 31.1 Å². The fraction of sp³-hybridized carbons (Fsp3) is 0.400. The van der Waals surface area contributed by atoms with Gasteiger partial charge in [0.1, 0.15) is 0 Å². The summed E-state index contributed by atoms with van der Waals surface area (Å²) >= 11 is 1.54. The summed E-state index contributed by atoms with van der Waals surface area (Å²) in [6.07, 6.45) is 0. The van der Waals surface area contributed by atoms with Crippen molar-refractivity contribution in [1.29, 1.82) is 0 Å². The molecule has 1 aromatic heterocycles. The monoisotopic (exact) mass is 403 g/mol. The third kappa shape index (κ3) is 5.46. The number of thiophene rings is 1. The molecule has 150 valence electrons. The van der Waals surface area contributed by atoms with Gasteiger partial charge in [0.15, 0.2) is 18.1 Å². The molecular formula is C20H25N3O4S. The summed E-state index contributed by atoms with van der Waals surface area (Å²) in [7, 11) is 1.57. The number of rotatable bonds is 8. The maximum absolute atomic E-state index is 12.3. The number of hydrogen-bond acceptors (Lipinski definition) is 6. The van der Waals surface area contributed by atoms with Gasteiger partial charge in [-0.1, -0.05) is 12.1 Å². The molecule has 1 saturated heterocycles. The fourth-order valence-electron chi connectivity index (χ4n) is 3.03. The van der Waals surface area contributed by atoms with E-state index in [-0.39, 0.29) is 18.4 Å². The van der Waals surface area contributed by atoms with Gasteiger partial charge in [-0.15, -0.1) is 0 Å². The average Bonchev–Trinajstić information content (AvgIpc) is 3.27. The zero-order valence-electron chi connectivity index (χ0n) is 15.9. The van der Waals surface area contributed by atoms with Gasteiger partial charge in [-0.05, 0) is 23.6 Å². The third-order valence-electron chi connectivity index (χ3n) is 4.61. The van der Waals surface area contributed by atoms with Gasteiger partial charge >= 0.3 is 0 Å².